The van der Waals surface area contributed by atoms with Crippen molar-refractivity contribution in [1.82, 2.24) is 5.32 Å². The first kappa shape index (κ1) is 17.3. The summed E-state index contributed by atoms with van der Waals surface area (Å²) in [6.45, 7) is 7.02. The zero-order valence-electron chi connectivity index (χ0n) is 12.8. The van der Waals surface area contributed by atoms with E-state index in [0.717, 1.165) is 21.8 Å². The molecular formula is C14H23BClNO3. The summed E-state index contributed by atoms with van der Waals surface area (Å²) in [6, 6.07) is 3.72. The maximum atomic E-state index is 6.09. The summed E-state index contributed by atoms with van der Waals surface area (Å²) in [5.41, 5.74) is 1.96. The predicted octanol–water partition coefficient (Wildman–Crippen LogP) is 2.22. The zero-order valence-corrected chi connectivity index (χ0v) is 13.6. The van der Waals surface area contributed by atoms with Crippen LogP contribution in [0.3, 0.4) is 0 Å². The molecule has 0 radical (unpaired) electrons. The number of hydrogen-bond acceptors (Lipinski definition) is 4. The third kappa shape index (κ3) is 3.89. The molecule has 0 aliphatic carbocycles. The van der Waals surface area contributed by atoms with Crippen LogP contribution < -0.4 is 15.5 Å². The van der Waals surface area contributed by atoms with Crippen LogP contribution in [-0.4, -0.2) is 33.9 Å². The molecule has 0 spiro atoms. The van der Waals surface area contributed by atoms with Crippen molar-refractivity contribution < 1.29 is 14.0 Å². The first-order chi connectivity index (χ1) is 9.67. The molecule has 0 saturated carbocycles. The van der Waals surface area contributed by atoms with Gasteiger partial charge in [0.05, 0.1) is 12.7 Å². The van der Waals surface area contributed by atoms with Gasteiger partial charge in [0.15, 0.2) is 0 Å². The van der Waals surface area contributed by atoms with Crippen LogP contribution in [0.25, 0.3) is 0 Å². The second-order valence-corrected chi connectivity index (χ2v) is 4.75. The quantitative estimate of drug-likeness (QED) is 0.746. The molecular weight excluding hydrogens is 276 g/mol. The Morgan fingerprint density at radius 2 is 1.95 bits per heavy atom. The van der Waals surface area contributed by atoms with E-state index in [1.807, 2.05) is 47.0 Å². The van der Waals surface area contributed by atoms with Crippen molar-refractivity contribution in [2.24, 2.45) is 0 Å². The molecule has 0 fully saturated rings. The predicted molar refractivity (Wildman–Crippen MR) is 84.0 cm³/mol. The minimum Gasteiger partial charge on any atom is -0.491 e. The van der Waals surface area contributed by atoms with Crippen LogP contribution in [0.5, 0.6) is 5.75 Å². The fourth-order valence-electron chi connectivity index (χ4n) is 1.95. The standard InChI is InChI=1S/C10H10BClO3.C2H7N.C2H6/c1-6-4-13-9-3-2-8(12)7-5-14-11(15-6)10(7)9;1-3-2;1-2/h2-3,6H,4-5H2,1H3;3H,1-2H3;1-2H3. The summed E-state index contributed by atoms with van der Waals surface area (Å²) in [4.78, 5) is 0. The molecule has 2 aliphatic rings. The van der Waals surface area contributed by atoms with E-state index in [2.05, 4.69) is 5.32 Å². The van der Waals surface area contributed by atoms with Gasteiger partial charge >= 0.3 is 7.12 Å². The van der Waals surface area contributed by atoms with Crippen molar-refractivity contribution in [2.45, 2.75) is 33.5 Å². The maximum Gasteiger partial charge on any atom is 0.498 e. The number of benzene rings is 1. The van der Waals surface area contributed by atoms with Crippen molar-refractivity contribution in [2.75, 3.05) is 20.7 Å². The summed E-state index contributed by atoms with van der Waals surface area (Å²) < 4.78 is 16.9. The summed E-state index contributed by atoms with van der Waals surface area (Å²) in [5.74, 6) is 0.834. The molecule has 0 aromatic heterocycles. The van der Waals surface area contributed by atoms with Gasteiger partial charge in [-0.25, -0.2) is 0 Å². The Morgan fingerprint density at radius 3 is 2.60 bits per heavy atom. The van der Waals surface area contributed by atoms with Crippen molar-refractivity contribution in [3.05, 3.63) is 22.7 Å². The van der Waals surface area contributed by atoms with Crippen LogP contribution in [0.15, 0.2) is 12.1 Å². The van der Waals surface area contributed by atoms with E-state index in [9.17, 15) is 0 Å². The molecule has 1 aromatic carbocycles. The van der Waals surface area contributed by atoms with Crippen LogP contribution >= 0.6 is 11.6 Å². The highest BCUT2D eigenvalue weighted by Gasteiger charge is 2.38. The molecule has 0 bridgehead atoms. The van der Waals surface area contributed by atoms with Crippen LogP contribution in [0.2, 0.25) is 5.02 Å². The summed E-state index contributed by atoms with van der Waals surface area (Å²) >= 11 is 6.09. The largest absolute Gasteiger partial charge is 0.498 e. The van der Waals surface area contributed by atoms with E-state index >= 15 is 0 Å². The van der Waals surface area contributed by atoms with Crippen molar-refractivity contribution in [3.8, 4) is 5.75 Å². The van der Waals surface area contributed by atoms with Gasteiger partial charge in [-0.2, -0.15) is 0 Å². The van der Waals surface area contributed by atoms with Gasteiger partial charge in [-0.1, -0.05) is 25.4 Å². The smallest absolute Gasteiger partial charge is 0.491 e. The van der Waals surface area contributed by atoms with E-state index in [4.69, 9.17) is 25.6 Å². The van der Waals surface area contributed by atoms with Crippen molar-refractivity contribution >= 4 is 24.2 Å². The highest BCUT2D eigenvalue weighted by Crippen LogP contribution is 2.28. The number of nitrogens with one attached hydrogen (secondary N) is 1. The van der Waals surface area contributed by atoms with Gasteiger partial charge in [0.25, 0.3) is 0 Å². The zero-order chi connectivity index (χ0) is 15.1. The van der Waals surface area contributed by atoms with Crippen molar-refractivity contribution in [3.63, 3.8) is 0 Å². The molecule has 3 rings (SSSR count). The number of halogens is 1. The molecule has 112 valence electrons. The first-order valence-electron chi connectivity index (χ1n) is 6.97. The number of ether oxygens (including phenoxy) is 1. The minimum atomic E-state index is -0.314. The Balaban J connectivity index is 0.000000357. The van der Waals surface area contributed by atoms with E-state index in [0.29, 0.717) is 13.2 Å². The lowest BCUT2D eigenvalue weighted by atomic mass is 9.78. The van der Waals surface area contributed by atoms with Gasteiger partial charge in [-0.3, -0.25) is 0 Å². The normalized spacial score (nSPS) is 18.7. The monoisotopic (exact) mass is 299 g/mol. The van der Waals surface area contributed by atoms with Gasteiger partial charge in [-0.15, -0.1) is 0 Å². The molecule has 1 atom stereocenters. The van der Waals surface area contributed by atoms with Gasteiger partial charge < -0.3 is 19.4 Å². The Labute approximate surface area is 126 Å². The van der Waals surface area contributed by atoms with Gasteiger partial charge in [-0.05, 0) is 38.7 Å². The molecule has 0 saturated heterocycles. The average Bonchev–Trinajstić information content (AvgIpc) is 2.79. The Bertz CT molecular complexity index is 431. The van der Waals surface area contributed by atoms with E-state index in [-0.39, 0.29) is 13.2 Å². The van der Waals surface area contributed by atoms with E-state index < -0.39 is 0 Å². The molecule has 20 heavy (non-hydrogen) atoms. The summed E-state index contributed by atoms with van der Waals surface area (Å²) in [5, 5.41) is 3.47. The Hall–Kier alpha value is -0.745. The lowest BCUT2D eigenvalue weighted by Gasteiger charge is -2.11. The number of rotatable bonds is 0. The SMILES string of the molecule is CC.CC1COc2ccc(Cl)c3c2B(OC3)O1.CNC. The second-order valence-electron chi connectivity index (χ2n) is 4.34. The lowest BCUT2D eigenvalue weighted by molar-refractivity contribution is 0.118. The van der Waals surface area contributed by atoms with Crippen LogP contribution in [0.4, 0.5) is 0 Å². The molecule has 1 aromatic rings. The number of hydrogen-bond donors (Lipinski definition) is 1. The third-order valence-electron chi connectivity index (χ3n) is 2.70. The maximum absolute atomic E-state index is 6.09. The van der Waals surface area contributed by atoms with Gasteiger partial charge in [0.2, 0.25) is 0 Å². The van der Waals surface area contributed by atoms with Crippen LogP contribution in [0.1, 0.15) is 26.3 Å². The molecule has 1 unspecified atom stereocenters. The molecule has 1 N–H and O–H groups in total. The fourth-order valence-corrected chi connectivity index (χ4v) is 2.17. The second kappa shape index (κ2) is 8.52. The molecule has 6 heteroatoms. The molecule has 4 nitrogen and oxygen atoms in total. The Morgan fingerprint density at radius 1 is 1.30 bits per heavy atom. The highest BCUT2D eigenvalue weighted by molar-refractivity contribution is 6.64. The van der Waals surface area contributed by atoms with Gasteiger partial charge in [0.1, 0.15) is 12.4 Å². The summed E-state index contributed by atoms with van der Waals surface area (Å²) in [7, 11) is 3.44. The van der Waals surface area contributed by atoms with E-state index in [1.165, 1.54) is 0 Å². The Kier molecular flexibility index (Phi) is 7.37. The first-order valence-corrected chi connectivity index (χ1v) is 7.34. The third-order valence-corrected chi connectivity index (χ3v) is 3.06. The van der Waals surface area contributed by atoms with E-state index in [1.54, 1.807) is 0 Å². The minimum absolute atomic E-state index is 0.0344. The fraction of sp³-hybridized carbons (Fsp3) is 0.571. The lowest BCUT2D eigenvalue weighted by Crippen LogP contribution is -2.34. The molecule has 2 aliphatic heterocycles. The van der Waals surface area contributed by atoms with Crippen LogP contribution in [0, 0.1) is 0 Å². The van der Waals surface area contributed by atoms with Crippen LogP contribution in [-0.2, 0) is 15.9 Å². The topological polar surface area (TPSA) is 39.7 Å². The van der Waals surface area contributed by atoms with Gasteiger partial charge in [0, 0.05) is 10.5 Å². The molecule has 2 heterocycles. The highest BCUT2D eigenvalue weighted by atomic mass is 35.5. The average molecular weight is 300 g/mol. The summed E-state index contributed by atoms with van der Waals surface area (Å²) in [6.07, 6.45) is 0.0344. The molecule has 0 amide bonds. The van der Waals surface area contributed by atoms with Crippen molar-refractivity contribution in [1.29, 1.82) is 0 Å².